The fourth-order valence-corrected chi connectivity index (χ4v) is 6.02. The van der Waals surface area contributed by atoms with E-state index in [-0.39, 0.29) is 11.5 Å². The van der Waals surface area contributed by atoms with Crippen LogP contribution >= 0.6 is 34.7 Å². The smallest absolute Gasteiger partial charge is 0.245 e. The van der Waals surface area contributed by atoms with Gasteiger partial charge in [0.15, 0.2) is 0 Å². The lowest BCUT2D eigenvalue weighted by Crippen LogP contribution is -2.45. The van der Waals surface area contributed by atoms with Gasteiger partial charge in [0.1, 0.15) is 10.8 Å². The largest absolute Gasteiger partial charge is 0.382 e. The summed E-state index contributed by atoms with van der Waals surface area (Å²) in [6.45, 7) is 1.73. The number of hydrogen-bond donors (Lipinski definition) is 2. The first-order valence-electron chi connectivity index (χ1n) is 9.26. The van der Waals surface area contributed by atoms with Gasteiger partial charge in [-0.25, -0.2) is 15.0 Å². The van der Waals surface area contributed by atoms with Gasteiger partial charge in [0.2, 0.25) is 5.95 Å². The van der Waals surface area contributed by atoms with Crippen molar-refractivity contribution in [3.05, 3.63) is 39.6 Å². The van der Waals surface area contributed by atoms with Gasteiger partial charge in [0.05, 0.1) is 22.4 Å². The SMILES string of the molecule is Nc1nccc(Sc2cnc(N3CCC4(CC3)Cc3ncsc3[C@H]4N)nn2)c1Cl. The Morgan fingerprint density at radius 1 is 1.21 bits per heavy atom. The average Bonchev–Trinajstić information content (AvgIpc) is 3.28. The lowest BCUT2D eigenvalue weighted by atomic mass is 9.74. The Kier molecular flexibility index (Phi) is 4.81. The van der Waals surface area contributed by atoms with Crippen LogP contribution in [-0.2, 0) is 6.42 Å². The van der Waals surface area contributed by atoms with Gasteiger partial charge in [0.25, 0.3) is 0 Å². The van der Waals surface area contributed by atoms with Gasteiger partial charge in [-0.05, 0) is 30.7 Å². The molecule has 0 saturated carbocycles. The maximum absolute atomic E-state index is 6.58. The van der Waals surface area contributed by atoms with Gasteiger partial charge >= 0.3 is 0 Å². The second-order valence-electron chi connectivity index (χ2n) is 7.37. The molecule has 4 N–H and O–H groups in total. The topological polar surface area (TPSA) is 120 Å². The van der Waals surface area contributed by atoms with Gasteiger partial charge in [-0.15, -0.1) is 21.5 Å². The highest BCUT2D eigenvalue weighted by Crippen LogP contribution is 2.51. The molecule has 0 bridgehead atoms. The van der Waals surface area contributed by atoms with Crippen molar-refractivity contribution in [2.75, 3.05) is 23.7 Å². The van der Waals surface area contributed by atoms with E-state index in [2.05, 4.69) is 30.0 Å². The minimum atomic E-state index is 0.0857. The lowest BCUT2D eigenvalue weighted by molar-refractivity contribution is 0.187. The standard InChI is InChI=1S/C18H19ClN8S2/c19-13-11(1-4-22-16(13)21)29-12-8-23-17(26-25-12)27-5-2-18(3-6-27)7-10-14(15(18)20)28-9-24-10/h1,4,8-9,15H,2-3,5-7,20H2,(H2,21,22)/t15-/m1/s1. The summed E-state index contributed by atoms with van der Waals surface area (Å²) in [4.78, 5) is 17.2. The highest BCUT2D eigenvalue weighted by molar-refractivity contribution is 7.99. The zero-order valence-electron chi connectivity index (χ0n) is 15.5. The first-order valence-corrected chi connectivity index (χ1v) is 11.3. The van der Waals surface area contributed by atoms with E-state index < -0.39 is 0 Å². The summed E-state index contributed by atoms with van der Waals surface area (Å²) in [5.74, 6) is 0.940. The molecule has 8 nitrogen and oxygen atoms in total. The Morgan fingerprint density at radius 3 is 2.76 bits per heavy atom. The Labute approximate surface area is 181 Å². The molecule has 1 atom stereocenters. The van der Waals surface area contributed by atoms with Crippen LogP contribution in [0, 0.1) is 5.41 Å². The third kappa shape index (κ3) is 3.33. The highest BCUT2D eigenvalue weighted by atomic mass is 35.5. The monoisotopic (exact) mass is 446 g/mol. The molecular weight excluding hydrogens is 428 g/mol. The van der Waals surface area contributed by atoms with E-state index in [1.54, 1.807) is 29.8 Å². The lowest BCUT2D eigenvalue weighted by Gasteiger charge is -2.41. The van der Waals surface area contributed by atoms with Gasteiger partial charge in [-0.2, -0.15) is 0 Å². The van der Waals surface area contributed by atoms with Crippen LogP contribution < -0.4 is 16.4 Å². The fraction of sp³-hybridized carbons (Fsp3) is 0.389. The van der Waals surface area contributed by atoms with Crippen molar-refractivity contribution < 1.29 is 0 Å². The van der Waals surface area contributed by atoms with Crippen molar-refractivity contribution in [1.29, 1.82) is 0 Å². The number of nitrogens with two attached hydrogens (primary N) is 2. The number of nitrogens with zero attached hydrogens (tertiary/aromatic N) is 6. The van der Waals surface area contributed by atoms with Crippen molar-refractivity contribution in [3.63, 3.8) is 0 Å². The molecule has 5 rings (SSSR count). The Bertz CT molecular complexity index is 1030. The molecule has 4 heterocycles. The molecule has 3 aromatic rings. The van der Waals surface area contributed by atoms with E-state index >= 15 is 0 Å². The van der Waals surface area contributed by atoms with E-state index in [9.17, 15) is 0 Å². The summed E-state index contributed by atoms with van der Waals surface area (Å²) >= 11 is 9.24. The molecule has 29 heavy (non-hydrogen) atoms. The molecule has 11 heteroatoms. The second-order valence-corrected chi connectivity index (χ2v) is 9.70. The second kappa shape index (κ2) is 7.35. The average molecular weight is 447 g/mol. The van der Waals surface area contributed by atoms with E-state index in [0.29, 0.717) is 21.8 Å². The number of hydrogen-bond acceptors (Lipinski definition) is 10. The number of halogens is 1. The summed E-state index contributed by atoms with van der Waals surface area (Å²) in [6, 6.07) is 1.88. The quantitative estimate of drug-likeness (QED) is 0.625. The van der Waals surface area contributed by atoms with Crippen LogP contribution in [0.5, 0.6) is 0 Å². The van der Waals surface area contributed by atoms with Crippen molar-refractivity contribution in [2.24, 2.45) is 11.1 Å². The predicted molar refractivity (Wildman–Crippen MR) is 114 cm³/mol. The number of thiazole rings is 1. The molecule has 1 spiro atoms. The Balaban J connectivity index is 1.25. The van der Waals surface area contributed by atoms with E-state index in [0.717, 1.165) is 37.2 Å². The summed E-state index contributed by atoms with van der Waals surface area (Å²) < 4.78 is 0. The molecule has 0 amide bonds. The van der Waals surface area contributed by atoms with Crippen LogP contribution in [-0.4, -0.2) is 38.2 Å². The normalized spacial score (nSPS) is 20.2. The number of fused-ring (bicyclic) bond motifs is 1. The van der Waals surface area contributed by atoms with Gasteiger partial charge in [0, 0.05) is 35.1 Å². The summed E-state index contributed by atoms with van der Waals surface area (Å²) in [5, 5.41) is 9.70. The number of rotatable bonds is 3. The number of pyridine rings is 1. The van der Waals surface area contributed by atoms with Gasteiger partial charge in [-0.1, -0.05) is 23.4 Å². The third-order valence-corrected chi connectivity index (χ3v) is 8.22. The highest BCUT2D eigenvalue weighted by Gasteiger charge is 2.47. The number of nitrogen functional groups attached to an aromatic ring is 1. The molecule has 1 saturated heterocycles. The maximum atomic E-state index is 6.58. The zero-order valence-corrected chi connectivity index (χ0v) is 17.8. The van der Waals surface area contributed by atoms with Crippen molar-refractivity contribution in [1.82, 2.24) is 25.1 Å². The van der Waals surface area contributed by atoms with Crippen LogP contribution in [0.2, 0.25) is 5.02 Å². The molecule has 0 aromatic carbocycles. The van der Waals surface area contributed by atoms with Crippen LogP contribution in [0.25, 0.3) is 0 Å². The molecule has 1 fully saturated rings. The van der Waals surface area contributed by atoms with Crippen LogP contribution in [0.4, 0.5) is 11.8 Å². The minimum Gasteiger partial charge on any atom is -0.382 e. The number of anilines is 2. The van der Waals surface area contributed by atoms with Crippen molar-refractivity contribution in [2.45, 2.75) is 35.2 Å². The molecular formula is C18H19ClN8S2. The number of aromatic nitrogens is 5. The van der Waals surface area contributed by atoms with Crippen molar-refractivity contribution >= 4 is 46.5 Å². The predicted octanol–water partition coefficient (Wildman–Crippen LogP) is 2.95. The zero-order chi connectivity index (χ0) is 20.0. The molecule has 1 aliphatic carbocycles. The number of piperidine rings is 1. The van der Waals surface area contributed by atoms with E-state index in [1.165, 1.54) is 22.3 Å². The Morgan fingerprint density at radius 2 is 2.03 bits per heavy atom. The van der Waals surface area contributed by atoms with Crippen LogP contribution in [0.15, 0.2) is 33.9 Å². The molecule has 2 aliphatic rings. The minimum absolute atomic E-state index is 0.0857. The molecule has 0 radical (unpaired) electrons. The van der Waals surface area contributed by atoms with Gasteiger partial charge in [-0.3, -0.25) is 0 Å². The molecule has 0 unspecified atom stereocenters. The Hall–Kier alpha value is -2.01. The molecule has 3 aromatic heterocycles. The summed E-state index contributed by atoms with van der Waals surface area (Å²) in [7, 11) is 0. The first kappa shape index (κ1) is 19.0. The van der Waals surface area contributed by atoms with Gasteiger partial charge < -0.3 is 16.4 Å². The summed E-state index contributed by atoms with van der Waals surface area (Å²) in [5.41, 5.74) is 15.5. The fourth-order valence-electron chi connectivity index (χ4n) is 4.11. The van der Waals surface area contributed by atoms with E-state index in [4.69, 9.17) is 23.1 Å². The molecule has 1 aliphatic heterocycles. The van der Waals surface area contributed by atoms with Crippen molar-refractivity contribution in [3.8, 4) is 0 Å². The van der Waals surface area contributed by atoms with Crippen LogP contribution in [0.1, 0.15) is 29.5 Å². The molecule has 150 valence electrons. The van der Waals surface area contributed by atoms with E-state index in [1.807, 2.05) is 5.51 Å². The summed E-state index contributed by atoms with van der Waals surface area (Å²) in [6.07, 6.45) is 6.31. The van der Waals surface area contributed by atoms with Crippen LogP contribution in [0.3, 0.4) is 0 Å². The first-order chi connectivity index (χ1) is 14.1. The maximum Gasteiger partial charge on any atom is 0.245 e. The third-order valence-electron chi connectivity index (χ3n) is 5.80.